The zero-order chi connectivity index (χ0) is 5.98. The summed E-state index contributed by atoms with van der Waals surface area (Å²) in [7, 11) is 0. The summed E-state index contributed by atoms with van der Waals surface area (Å²) in [5.41, 5.74) is 0.826. The van der Waals surface area contributed by atoms with E-state index in [1.54, 1.807) is 6.92 Å². The van der Waals surface area contributed by atoms with Crippen molar-refractivity contribution in [3.05, 3.63) is 11.6 Å². The molecule has 1 aliphatic carbocycles. The van der Waals surface area contributed by atoms with E-state index in [-0.39, 0.29) is 5.97 Å². The largest absolute Gasteiger partial charge is 0.463 e. The van der Waals surface area contributed by atoms with Crippen LogP contribution in [-0.2, 0) is 9.53 Å². The molecular formula is C6H8O2. The SMILES string of the molecule is CCOC(=O)C1=CC1. The predicted molar refractivity (Wildman–Crippen MR) is 29.3 cm³/mol. The van der Waals surface area contributed by atoms with Crippen molar-refractivity contribution in [3.63, 3.8) is 0 Å². The summed E-state index contributed by atoms with van der Waals surface area (Å²) in [5, 5.41) is 0. The van der Waals surface area contributed by atoms with E-state index < -0.39 is 0 Å². The molecule has 0 unspecified atom stereocenters. The first kappa shape index (κ1) is 5.35. The monoisotopic (exact) mass is 112 g/mol. The number of hydrogen-bond donors (Lipinski definition) is 0. The van der Waals surface area contributed by atoms with E-state index in [1.807, 2.05) is 6.08 Å². The van der Waals surface area contributed by atoms with Crippen LogP contribution in [0.15, 0.2) is 11.6 Å². The molecule has 0 atom stereocenters. The lowest BCUT2D eigenvalue weighted by atomic mass is 10.5. The van der Waals surface area contributed by atoms with Crippen LogP contribution in [0, 0.1) is 0 Å². The van der Waals surface area contributed by atoms with Gasteiger partial charge in [-0.05, 0) is 13.3 Å². The zero-order valence-corrected chi connectivity index (χ0v) is 4.81. The summed E-state index contributed by atoms with van der Waals surface area (Å²) < 4.78 is 4.66. The van der Waals surface area contributed by atoms with E-state index in [4.69, 9.17) is 0 Å². The number of hydrogen-bond acceptors (Lipinski definition) is 2. The predicted octanol–water partition coefficient (Wildman–Crippen LogP) is 0.880. The van der Waals surface area contributed by atoms with Gasteiger partial charge in [0.05, 0.1) is 6.61 Å². The highest BCUT2D eigenvalue weighted by Gasteiger charge is 2.17. The molecule has 44 valence electrons. The van der Waals surface area contributed by atoms with E-state index in [1.165, 1.54) is 0 Å². The second-order valence-electron chi connectivity index (χ2n) is 1.65. The van der Waals surface area contributed by atoms with E-state index in [2.05, 4.69) is 4.74 Å². The number of carbonyl (C=O) groups is 1. The standard InChI is InChI=1S/C6H8O2/c1-2-8-6(7)5-3-4-5/h3H,2,4H2,1H3. The minimum Gasteiger partial charge on any atom is -0.463 e. The molecule has 0 saturated carbocycles. The third-order valence-electron chi connectivity index (χ3n) is 0.946. The highest BCUT2D eigenvalue weighted by molar-refractivity contribution is 5.92. The van der Waals surface area contributed by atoms with E-state index in [9.17, 15) is 4.79 Å². The van der Waals surface area contributed by atoms with Crippen LogP contribution in [-0.4, -0.2) is 12.6 Å². The average Bonchev–Trinajstić information content (AvgIpc) is 2.45. The van der Waals surface area contributed by atoms with Gasteiger partial charge in [0.15, 0.2) is 0 Å². The molecular weight excluding hydrogens is 104 g/mol. The number of rotatable bonds is 2. The lowest BCUT2D eigenvalue weighted by Crippen LogP contribution is -2.00. The Labute approximate surface area is 48.1 Å². The third kappa shape index (κ3) is 1.09. The Morgan fingerprint density at radius 2 is 2.62 bits per heavy atom. The van der Waals surface area contributed by atoms with Crippen molar-refractivity contribution in [3.8, 4) is 0 Å². The molecule has 0 aromatic heterocycles. The molecule has 8 heavy (non-hydrogen) atoms. The normalized spacial score (nSPS) is 14.9. The quantitative estimate of drug-likeness (QED) is 0.495. The van der Waals surface area contributed by atoms with Gasteiger partial charge >= 0.3 is 5.97 Å². The summed E-state index contributed by atoms with van der Waals surface area (Å²) in [4.78, 5) is 10.5. The lowest BCUT2D eigenvalue weighted by Gasteiger charge is -1.93. The molecule has 0 saturated heterocycles. The molecule has 0 heterocycles. The fourth-order valence-corrected chi connectivity index (χ4v) is 0.441. The fraction of sp³-hybridized carbons (Fsp3) is 0.500. The van der Waals surface area contributed by atoms with Gasteiger partial charge in [0.1, 0.15) is 0 Å². The molecule has 1 rings (SSSR count). The topological polar surface area (TPSA) is 26.3 Å². The number of esters is 1. The second-order valence-corrected chi connectivity index (χ2v) is 1.65. The van der Waals surface area contributed by atoms with Crippen molar-refractivity contribution >= 4 is 5.97 Å². The van der Waals surface area contributed by atoms with Crippen LogP contribution in [0.25, 0.3) is 0 Å². The lowest BCUT2D eigenvalue weighted by molar-refractivity contribution is -0.138. The second kappa shape index (κ2) is 1.99. The highest BCUT2D eigenvalue weighted by Crippen LogP contribution is 2.18. The van der Waals surface area contributed by atoms with Crippen molar-refractivity contribution in [2.24, 2.45) is 0 Å². The Morgan fingerprint density at radius 1 is 2.00 bits per heavy atom. The van der Waals surface area contributed by atoms with Gasteiger partial charge in [-0.15, -0.1) is 0 Å². The van der Waals surface area contributed by atoms with Crippen LogP contribution in [0.2, 0.25) is 0 Å². The van der Waals surface area contributed by atoms with Crippen molar-refractivity contribution in [1.82, 2.24) is 0 Å². The Bertz CT molecular complexity index is 135. The molecule has 0 aromatic carbocycles. The van der Waals surface area contributed by atoms with Crippen LogP contribution in [0.5, 0.6) is 0 Å². The molecule has 1 aliphatic rings. The van der Waals surface area contributed by atoms with Crippen LogP contribution in [0.1, 0.15) is 13.3 Å². The Balaban J connectivity index is 2.24. The molecule has 2 heteroatoms. The van der Waals surface area contributed by atoms with Crippen LogP contribution < -0.4 is 0 Å². The van der Waals surface area contributed by atoms with Crippen LogP contribution >= 0.6 is 0 Å². The van der Waals surface area contributed by atoms with Gasteiger partial charge in [0.25, 0.3) is 0 Å². The number of ether oxygens (including phenoxy) is 1. The van der Waals surface area contributed by atoms with Gasteiger partial charge < -0.3 is 4.74 Å². The molecule has 0 aliphatic heterocycles. The van der Waals surface area contributed by atoms with E-state index in [0.717, 1.165) is 12.0 Å². The first-order valence-corrected chi connectivity index (χ1v) is 2.70. The van der Waals surface area contributed by atoms with Crippen molar-refractivity contribution in [2.75, 3.05) is 6.61 Å². The summed E-state index contributed by atoms with van der Waals surface area (Å²) in [5.74, 6) is -0.146. The summed E-state index contributed by atoms with van der Waals surface area (Å²) in [6, 6.07) is 0. The number of allylic oxidation sites excluding steroid dienone is 1. The van der Waals surface area contributed by atoms with Gasteiger partial charge in [-0.1, -0.05) is 6.08 Å². The molecule has 0 spiro atoms. The minimum absolute atomic E-state index is 0.146. The van der Waals surface area contributed by atoms with Crippen molar-refractivity contribution < 1.29 is 9.53 Å². The zero-order valence-electron chi connectivity index (χ0n) is 4.81. The molecule has 0 amide bonds. The maximum absolute atomic E-state index is 10.5. The average molecular weight is 112 g/mol. The van der Waals surface area contributed by atoms with E-state index >= 15 is 0 Å². The van der Waals surface area contributed by atoms with Gasteiger partial charge in [-0.25, -0.2) is 4.79 Å². The maximum Gasteiger partial charge on any atom is 0.333 e. The van der Waals surface area contributed by atoms with Gasteiger partial charge in [0.2, 0.25) is 0 Å². The highest BCUT2D eigenvalue weighted by atomic mass is 16.5. The summed E-state index contributed by atoms with van der Waals surface area (Å²) in [6.07, 6.45) is 2.69. The summed E-state index contributed by atoms with van der Waals surface area (Å²) >= 11 is 0. The molecule has 0 radical (unpaired) electrons. The van der Waals surface area contributed by atoms with Gasteiger partial charge in [0, 0.05) is 5.57 Å². The summed E-state index contributed by atoms with van der Waals surface area (Å²) in [6.45, 7) is 2.29. The van der Waals surface area contributed by atoms with Crippen molar-refractivity contribution in [1.29, 1.82) is 0 Å². The molecule has 0 bridgehead atoms. The Kier molecular flexibility index (Phi) is 1.33. The smallest absolute Gasteiger partial charge is 0.333 e. The van der Waals surface area contributed by atoms with E-state index in [0.29, 0.717) is 6.61 Å². The minimum atomic E-state index is -0.146. The molecule has 0 N–H and O–H groups in total. The first-order chi connectivity index (χ1) is 3.84. The van der Waals surface area contributed by atoms with Gasteiger partial charge in [-0.3, -0.25) is 0 Å². The third-order valence-corrected chi connectivity index (χ3v) is 0.946. The fourth-order valence-electron chi connectivity index (χ4n) is 0.441. The first-order valence-electron chi connectivity index (χ1n) is 2.70. The van der Waals surface area contributed by atoms with Crippen LogP contribution in [0.3, 0.4) is 0 Å². The van der Waals surface area contributed by atoms with Crippen LogP contribution in [0.4, 0.5) is 0 Å². The van der Waals surface area contributed by atoms with Crippen molar-refractivity contribution in [2.45, 2.75) is 13.3 Å². The number of carbonyl (C=O) groups excluding carboxylic acids is 1. The maximum atomic E-state index is 10.5. The molecule has 0 fully saturated rings. The van der Waals surface area contributed by atoms with Gasteiger partial charge in [-0.2, -0.15) is 0 Å². The molecule has 0 aromatic rings. The Morgan fingerprint density at radius 3 is 3.00 bits per heavy atom. The molecule has 2 nitrogen and oxygen atoms in total. The Hall–Kier alpha value is -0.790.